The monoisotopic (exact) mass is 182 g/mol. The largest absolute Gasteiger partial charge is 0.173 e. The molecule has 0 radical (unpaired) electrons. The van der Waals surface area contributed by atoms with E-state index in [1.165, 1.54) is 25.7 Å². The maximum Gasteiger partial charge on any atom is 0.0107 e. The fraction of sp³-hybridized carbons (Fsp3) is 1.00. The van der Waals surface area contributed by atoms with Gasteiger partial charge in [0.1, 0.15) is 0 Å². The van der Waals surface area contributed by atoms with Crippen LogP contribution in [0.5, 0.6) is 0 Å². The fourth-order valence-corrected chi connectivity index (χ4v) is 4.66. The lowest BCUT2D eigenvalue weighted by Crippen LogP contribution is -2.37. The maximum atomic E-state index is 4.80. The summed E-state index contributed by atoms with van der Waals surface area (Å²) in [5.41, 5.74) is 0. The molecule has 0 N–H and O–H groups in total. The average molecular weight is 182 g/mol. The Bertz CT molecular complexity index is 203. The highest BCUT2D eigenvalue weighted by Crippen LogP contribution is 2.60. The van der Waals surface area contributed by atoms with Crippen LogP contribution in [0.15, 0.2) is 0 Å². The fourth-order valence-electron chi connectivity index (χ4n) is 4.16. The van der Waals surface area contributed by atoms with Crippen molar-refractivity contribution in [2.24, 2.45) is 23.7 Å². The van der Waals surface area contributed by atoms with Gasteiger partial charge in [-0.3, -0.25) is 0 Å². The van der Waals surface area contributed by atoms with E-state index in [9.17, 15) is 0 Å². The molecule has 0 aromatic heterocycles. The molecule has 5 atom stereocenters. The minimum absolute atomic E-state index is 0.371. The Kier molecular flexibility index (Phi) is 1.44. The Morgan fingerprint density at radius 2 is 1.92 bits per heavy atom. The SMILES string of the molecule is CC1(S)CC2CC3CC(C1)C3C2. The Morgan fingerprint density at radius 3 is 2.75 bits per heavy atom. The number of fused-ring (bicyclic) bond motifs is 1. The summed E-state index contributed by atoms with van der Waals surface area (Å²) < 4.78 is 0.371. The molecule has 3 fully saturated rings. The standard InChI is InChI=1S/C11H18S/c1-11(12)5-7-2-8-4-9(6-11)10(8)3-7/h7-10,12H,2-6H2,1H3. The molecule has 0 nitrogen and oxygen atoms in total. The van der Waals surface area contributed by atoms with Crippen LogP contribution in [0.2, 0.25) is 0 Å². The van der Waals surface area contributed by atoms with E-state index in [1.807, 2.05) is 0 Å². The molecular formula is C11H18S. The first kappa shape index (κ1) is 7.73. The van der Waals surface area contributed by atoms with E-state index in [0.29, 0.717) is 4.75 Å². The molecule has 0 aliphatic heterocycles. The molecule has 68 valence electrons. The van der Waals surface area contributed by atoms with Crippen molar-refractivity contribution in [3.63, 3.8) is 0 Å². The summed E-state index contributed by atoms with van der Waals surface area (Å²) in [4.78, 5) is 0. The average Bonchev–Trinajstić information content (AvgIpc) is 2.16. The summed E-state index contributed by atoms with van der Waals surface area (Å²) >= 11 is 4.80. The van der Waals surface area contributed by atoms with Gasteiger partial charge >= 0.3 is 0 Å². The first-order chi connectivity index (χ1) is 5.64. The van der Waals surface area contributed by atoms with Crippen LogP contribution in [0, 0.1) is 23.7 Å². The Balaban J connectivity index is 1.87. The Hall–Kier alpha value is 0.350. The van der Waals surface area contributed by atoms with Crippen molar-refractivity contribution in [1.29, 1.82) is 0 Å². The molecule has 2 bridgehead atoms. The minimum Gasteiger partial charge on any atom is -0.173 e. The van der Waals surface area contributed by atoms with E-state index in [2.05, 4.69) is 6.92 Å². The first-order valence-electron chi connectivity index (χ1n) is 5.36. The third-order valence-corrected chi connectivity index (χ3v) is 4.85. The third kappa shape index (κ3) is 0.982. The second kappa shape index (κ2) is 2.23. The van der Waals surface area contributed by atoms with Crippen molar-refractivity contribution in [3.05, 3.63) is 0 Å². The zero-order valence-electron chi connectivity index (χ0n) is 7.79. The summed E-state index contributed by atoms with van der Waals surface area (Å²) in [5, 5.41) is 0. The molecule has 3 aliphatic rings. The lowest BCUT2D eigenvalue weighted by Gasteiger charge is -2.44. The van der Waals surface area contributed by atoms with Crippen LogP contribution in [-0.4, -0.2) is 4.75 Å². The van der Waals surface area contributed by atoms with Gasteiger partial charge < -0.3 is 0 Å². The first-order valence-corrected chi connectivity index (χ1v) is 5.81. The highest BCUT2D eigenvalue weighted by Gasteiger charge is 2.52. The summed E-state index contributed by atoms with van der Waals surface area (Å²) in [6.07, 6.45) is 7.41. The van der Waals surface area contributed by atoms with Crippen molar-refractivity contribution in [2.75, 3.05) is 0 Å². The number of thiol groups is 1. The van der Waals surface area contributed by atoms with Gasteiger partial charge in [0.15, 0.2) is 0 Å². The Labute approximate surface area is 80.5 Å². The number of rotatable bonds is 0. The lowest BCUT2D eigenvalue weighted by atomic mass is 9.63. The van der Waals surface area contributed by atoms with Crippen LogP contribution in [0.1, 0.15) is 39.0 Å². The highest BCUT2D eigenvalue weighted by atomic mass is 32.1. The molecule has 0 saturated heterocycles. The normalized spacial score (nSPS) is 62.5. The van der Waals surface area contributed by atoms with Gasteiger partial charge in [-0.05, 0) is 55.8 Å². The zero-order valence-corrected chi connectivity index (χ0v) is 8.69. The van der Waals surface area contributed by atoms with Gasteiger partial charge in [-0.15, -0.1) is 0 Å². The summed E-state index contributed by atoms with van der Waals surface area (Å²) in [6, 6.07) is 0. The second-order valence-electron chi connectivity index (χ2n) is 5.66. The van der Waals surface area contributed by atoms with E-state index in [0.717, 1.165) is 23.7 Å². The van der Waals surface area contributed by atoms with E-state index >= 15 is 0 Å². The topological polar surface area (TPSA) is 0 Å². The van der Waals surface area contributed by atoms with Crippen LogP contribution < -0.4 is 0 Å². The molecule has 0 aromatic carbocycles. The summed E-state index contributed by atoms with van der Waals surface area (Å²) in [7, 11) is 0. The molecule has 3 saturated carbocycles. The number of hydrogen-bond acceptors (Lipinski definition) is 1. The molecule has 0 spiro atoms. The molecule has 0 aromatic rings. The summed E-state index contributed by atoms with van der Waals surface area (Å²) in [6.45, 7) is 2.35. The minimum atomic E-state index is 0.371. The van der Waals surface area contributed by atoms with Crippen LogP contribution >= 0.6 is 12.6 Å². The van der Waals surface area contributed by atoms with Crippen LogP contribution in [0.25, 0.3) is 0 Å². The quantitative estimate of drug-likeness (QED) is 0.547. The molecule has 3 rings (SSSR count). The highest BCUT2D eigenvalue weighted by molar-refractivity contribution is 7.81. The zero-order chi connectivity index (χ0) is 8.34. The Morgan fingerprint density at radius 1 is 1.08 bits per heavy atom. The maximum absolute atomic E-state index is 4.80. The van der Waals surface area contributed by atoms with E-state index in [-0.39, 0.29) is 0 Å². The third-order valence-electron chi connectivity index (χ3n) is 4.49. The molecule has 3 aliphatic carbocycles. The van der Waals surface area contributed by atoms with Crippen molar-refractivity contribution in [1.82, 2.24) is 0 Å². The van der Waals surface area contributed by atoms with Crippen LogP contribution in [0.3, 0.4) is 0 Å². The molecular weight excluding hydrogens is 164 g/mol. The molecule has 1 heteroatoms. The van der Waals surface area contributed by atoms with Crippen LogP contribution in [0.4, 0.5) is 0 Å². The summed E-state index contributed by atoms with van der Waals surface area (Å²) in [5.74, 6) is 4.37. The predicted molar refractivity (Wildman–Crippen MR) is 54.4 cm³/mol. The molecule has 0 amide bonds. The van der Waals surface area contributed by atoms with Crippen LogP contribution in [-0.2, 0) is 0 Å². The van der Waals surface area contributed by atoms with Gasteiger partial charge in [-0.1, -0.05) is 6.92 Å². The van der Waals surface area contributed by atoms with Gasteiger partial charge in [0.05, 0.1) is 0 Å². The number of hydrogen-bond donors (Lipinski definition) is 1. The predicted octanol–water partition coefficient (Wildman–Crippen LogP) is 3.13. The van der Waals surface area contributed by atoms with E-state index < -0.39 is 0 Å². The molecule has 12 heavy (non-hydrogen) atoms. The van der Waals surface area contributed by atoms with Gasteiger partial charge in [0, 0.05) is 4.75 Å². The van der Waals surface area contributed by atoms with Crippen molar-refractivity contribution < 1.29 is 0 Å². The van der Waals surface area contributed by atoms with Crippen molar-refractivity contribution in [3.8, 4) is 0 Å². The van der Waals surface area contributed by atoms with Gasteiger partial charge in [-0.2, -0.15) is 12.6 Å². The molecule has 5 unspecified atom stereocenters. The molecule has 0 heterocycles. The second-order valence-corrected chi connectivity index (χ2v) is 6.74. The van der Waals surface area contributed by atoms with E-state index in [4.69, 9.17) is 12.6 Å². The smallest absolute Gasteiger partial charge is 0.0107 e. The van der Waals surface area contributed by atoms with Gasteiger partial charge in [0.25, 0.3) is 0 Å². The van der Waals surface area contributed by atoms with Crippen molar-refractivity contribution in [2.45, 2.75) is 43.8 Å². The van der Waals surface area contributed by atoms with E-state index in [1.54, 1.807) is 6.42 Å². The lowest BCUT2D eigenvalue weighted by molar-refractivity contribution is 0.0850. The van der Waals surface area contributed by atoms with Gasteiger partial charge in [-0.25, -0.2) is 0 Å². The van der Waals surface area contributed by atoms with Gasteiger partial charge in [0.2, 0.25) is 0 Å². The van der Waals surface area contributed by atoms with Crippen molar-refractivity contribution >= 4 is 12.6 Å².